The van der Waals surface area contributed by atoms with Gasteiger partial charge in [-0.1, -0.05) is 24.3 Å². The maximum Gasteiger partial charge on any atom is 0.255 e. The van der Waals surface area contributed by atoms with E-state index in [0.717, 1.165) is 35.6 Å². The number of ether oxygens (including phenoxy) is 1. The monoisotopic (exact) mass is 443 g/mol. The van der Waals surface area contributed by atoms with Crippen molar-refractivity contribution in [1.29, 1.82) is 0 Å². The highest BCUT2D eigenvalue weighted by atomic mass is 16.5. The van der Waals surface area contributed by atoms with Crippen molar-refractivity contribution in [2.75, 3.05) is 43.0 Å². The summed E-state index contributed by atoms with van der Waals surface area (Å²) in [5, 5.41) is 2.94. The molecule has 4 rings (SSSR count). The summed E-state index contributed by atoms with van der Waals surface area (Å²) in [5.41, 5.74) is 4.15. The van der Waals surface area contributed by atoms with Crippen molar-refractivity contribution < 1.29 is 14.3 Å². The van der Waals surface area contributed by atoms with Gasteiger partial charge in [-0.3, -0.25) is 9.59 Å². The molecule has 6 nitrogen and oxygen atoms in total. The number of nitrogens with zero attached hydrogens (tertiary/aromatic N) is 2. The number of rotatable bonds is 6. The van der Waals surface area contributed by atoms with Crippen LogP contribution in [0.25, 0.3) is 0 Å². The van der Waals surface area contributed by atoms with Crippen LogP contribution in [0.15, 0.2) is 72.8 Å². The van der Waals surface area contributed by atoms with E-state index in [1.54, 1.807) is 12.1 Å². The summed E-state index contributed by atoms with van der Waals surface area (Å²) in [5.74, 6) is 0.604. The van der Waals surface area contributed by atoms with Gasteiger partial charge in [-0.2, -0.15) is 0 Å². The fourth-order valence-electron chi connectivity index (χ4n) is 4.00. The Morgan fingerprint density at radius 3 is 2.33 bits per heavy atom. The summed E-state index contributed by atoms with van der Waals surface area (Å²) in [4.78, 5) is 29.6. The van der Waals surface area contributed by atoms with Crippen LogP contribution in [0.2, 0.25) is 0 Å². The van der Waals surface area contributed by atoms with Gasteiger partial charge in [-0.05, 0) is 67.9 Å². The SMILES string of the molecule is CCOc1cccc(C(=O)Nc2ccc(N3CCN(C(=O)c4ccccc4C)CC3)cc2)c1. The first-order valence-electron chi connectivity index (χ1n) is 11.3. The van der Waals surface area contributed by atoms with Gasteiger partial charge in [0, 0.05) is 48.7 Å². The number of anilines is 2. The van der Waals surface area contributed by atoms with Crippen LogP contribution in [0.3, 0.4) is 0 Å². The Morgan fingerprint density at radius 2 is 1.64 bits per heavy atom. The maximum absolute atomic E-state index is 12.8. The van der Waals surface area contributed by atoms with Crippen LogP contribution >= 0.6 is 0 Å². The molecule has 1 aliphatic heterocycles. The predicted molar refractivity (Wildman–Crippen MR) is 131 cm³/mol. The molecule has 2 amide bonds. The van der Waals surface area contributed by atoms with Crippen LogP contribution in [0.5, 0.6) is 5.75 Å². The van der Waals surface area contributed by atoms with Crippen molar-refractivity contribution in [2.24, 2.45) is 0 Å². The van der Waals surface area contributed by atoms with E-state index in [1.165, 1.54) is 0 Å². The van der Waals surface area contributed by atoms with Gasteiger partial charge in [0.1, 0.15) is 5.75 Å². The molecule has 0 spiro atoms. The molecule has 1 saturated heterocycles. The quantitative estimate of drug-likeness (QED) is 0.604. The molecule has 0 radical (unpaired) electrons. The van der Waals surface area contributed by atoms with Gasteiger partial charge < -0.3 is 19.9 Å². The number of amides is 2. The molecule has 0 saturated carbocycles. The number of piperazine rings is 1. The molecular weight excluding hydrogens is 414 g/mol. The Bertz CT molecular complexity index is 1120. The normalized spacial score (nSPS) is 13.5. The largest absolute Gasteiger partial charge is 0.494 e. The third-order valence-electron chi connectivity index (χ3n) is 5.84. The maximum atomic E-state index is 12.8. The van der Waals surface area contributed by atoms with E-state index in [9.17, 15) is 9.59 Å². The molecule has 0 aromatic heterocycles. The van der Waals surface area contributed by atoms with Gasteiger partial charge in [0.05, 0.1) is 6.61 Å². The number of carbonyl (C=O) groups is 2. The molecule has 0 bridgehead atoms. The molecule has 0 aliphatic carbocycles. The average molecular weight is 444 g/mol. The fourth-order valence-corrected chi connectivity index (χ4v) is 4.00. The highest BCUT2D eigenvalue weighted by Gasteiger charge is 2.23. The summed E-state index contributed by atoms with van der Waals surface area (Å²) in [7, 11) is 0. The topological polar surface area (TPSA) is 61.9 Å². The van der Waals surface area contributed by atoms with Gasteiger partial charge >= 0.3 is 0 Å². The minimum absolute atomic E-state index is 0.0965. The van der Waals surface area contributed by atoms with Crippen molar-refractivity contribution in [1.82, 2.24) is 4.90 Å². The number of carbonyl (C=O) groups excluding carboxylic acids is 2. The van der Waals surface area contributed by atoms with Crippen LogP contribution in [-0.2, 0) is 0 Å². The van der Waals surface area contributed by atoms with E-state index in [2.05, 4.69) is 10.2 Å². The Kier molecular flexibility index (Phi) is 6.93. The molecule has 1 heterocycles. The molecular formula is C27H29N3O3. The first-order valence-corrected chi connectivity index (χ1v) is 11.3. The number of benzene rings is 3. The van der Waals surface area contributed by atoms with Crippen LogP contribution in [0.4, 0.5) is 11.4 Å². The number of hydrogen-bond donors (Lipinski definition) is 1. The van der Waals surface area contributed by atoms with Crippen LogP contribution in [-0.4, -0.2) is 49.5 Å². The molecule has 6 heteroatoms. The third kappa shape index (κ3) is 5.34. The van der Waals surface area contributed by atoms with Crippen molar-refractivity contribution in [2.45, 2.75) is 13.8 Å². The Labute approximate surface area is 194 Å². The first kappa shape index (κ1) is 22.4. The molecule has 1 N–H and O–H groups in total. The van der Waals surface area contributed by atoms with Gasteiger partial charge in [0.2, 0.25) is 0 Å². The zero-order valence-electron chi connectivity index (χ0n) is 19.1. The first-order chi connectivity index (χ1) is 16.0. The molecule has 1 fully saturated rings. The standard InChI is InChI=1S/C27H29N3O3/c1-3-33-24-9-6-8-21(19-24)26(31)28-22-11-13-23(14-12-22)29-15-17-30(18-16-29)27(32)25-10-5-4-7-20(25)2/h4-14,19H,3,15-18H2,1-2H3,(H,28,31). The van der Waals surface area contributed by atoms with Gasteiger partial charge in [0.15, 0.2) is 0 Å². The van der Waals surface area contributed by atoms with Crippen molar-refractivity contribution in [3.05, 3.63) is 89.5 Å². The summed E-state index contributed by atoms with van der Waals surface area (Å²) < 4.78 is 5.47. The predicted octanol–water partition coefficient (Wildman–Crippen LogP) is 4.61. The average Bonchev–Trinajstić information content (AvgIpc) is 2.85. The van der Waals surface area contributed by atoms with E-state index in [4.69, 9.17) is 4.74 Å². The van der Waals surface area contributed by atoms with E-state index in [1.807, 2.05) is 79.4 Å². The molecule has 3 aromatic rings. The third-order valence-corrected chi connectivity index (χ3v) is 5.84. The van der Waals surface area contributed by atoms with Crippen molar-refractivity contribution in [3.8, 4) is 5.75 Å². The zero-order valence-corrected chi connectivity index (χ0v) is 19.1. The van der Waals surface area contributed by atoms with Gasteiger partial charge in [-0.15, -0.1) is 0 Å². The van der Waals surface area contributed by atoms with E-state index in [0.29, 0.717) is 31.0 Å². The summed E-state index contributed by atoms with van der Waals surface area (Å²) >= 11 is 0. The lowest BCUT2D eigenvalue weighted by atomic mass is 10.1. The lowest BCUT2D eigenvalue weighted by Gasteiger charge is -2.36. The molecule has 170 valence electrons. The lowest BCUT2D eigenvalue weighted by Crippen LogP contribution is -2.48. The molecule has 1 aliphatic rings. The van der Waals surface area contributed by atoms with Crippen molar-refractivity contribution in [3.63, 3.8) is 0 Å². The summed E-state index contributed by atoms with van der Waals surface area (Å²) in [6.45, 7) is 7.35. The van der Waals surface area contributed by atoms with Crippen LogP contribution in [0.1, 0.15) is 33.2 Å². The van der Waals surface area contributed by atoms with E-state index in [-0.39, 0.29) is 11.8 Å². The Hall–Kier alpha value is -3.80. The van der Waals surface area contributed by atoms with E-state index >= 15 is 0 Å². The fraction of sp³-hybridized carbons (Fsp3) is 0.259. The highest BCUT2D eigenvalue weighted by molar-refractivity contribution is 6.04. The van der Waals surface area contributed by atoms with Crippen LogP contribution < -0.4 is 15.0 Å². The molecule has 0 unspecified atom stereocenters. The highest BCUT2D eigenvalue weighted by Crippen LogP contribution is 2.22. The van der Waals surface area contributed by atoms with Crippen molar-refractivity contribution >= 4 is 23.2 Å². The second-order valence-electron chi connectivity index (χ2n) is 8.06. The minimum atomic E-state index is -0.173. The lowest BCUT2D eigenvalue weighted by molar-refractivity contribution is 0.0746. The smallest absolute Gasteiger partial charge is 0.255 e. The molecule has 0 atom stereocenters. The number of hydrogen-bond acceptors (Lipinski definition) is 4. The second-order valence-corrected chi connectivity index (χ2v) is 8.06. The molecule has 3 aromatic carbocycles. The van der Waals surface area contributed by atoms with Gasteiger partial charge in [0.25, 0.3) is 11.8 Å². The zero-order chi connectivity index (χ0) is 23.2. The summed E-state index contributed by atoms with van der Waals surface area (Å²) in [6.07, 6.45) is 0. The van der Waals surface area contributed by atoms with Crippen LogP contribution in [0, 0.1) is 6.92 Å². The second kappa shape index (κ2) is 10.2. The molecule has 33 heavy (non-hydrogen) atoms. The summed E-state index contributed by atoms with van der Waals surface area (Å²) in [6, 6.07) is 22.7. The number of nitrogens with one attached hydrogen (secondary N) is 1. The minimum Gasteiger partial charge on any atom is -0.494 e. The Morgan fingerprint density at radius 1 is 0.909 bits per heavy atom. The number of aryl methyl sites for hydroxylation is 1. The van der Waals surface area contributed by atoms with E-state index < -0.39 is 0 Å². The Balaban J connectivity index is 1.33. The van der Waals surface area contributed by atoms with Gasteiger partial charge in [-0.25, -0.2) is 0 Å².